The first-order valence-corrected chi connectivity index (χ1v) is 12.3. The predicted molar refractivity (Wildman–Crippen MR) is 111 cm³/mol. The Bertz CT molecular complexity index is 717. The van der Waals surface area contributed by atoms with E-state index >= 15 is 0 Å². The van der Waals surface area contributed by atoms with Gasteiger partial charge < -0.3 is 9.64 Å². The van der Waals surface area contributed by atoms with E-state index < -0.39 is 11.0 Å². The molecule has 0 radical (unpaired) electrons. The second-order valence-electron chi connectivity index (χ2n) is 8.48. The van der Waals surface area contributed by atoms with Gasteiger partial charge in [0.25, 0.3) is 0 Å². The van der Waals surface area contributed by atoms with Crippen LogP contribution in [0.4, 0.5) is 0 Å². The molecule has 1 aliphatic carbocycles. The first-order chi connectivity index (χ1) is 13.6. The van der Waals surface area contributed by atoms with E-state index in [2.05, 4.69) is 29.0 Å². The van der Waals surface area contributed by atoms with Crippen molar-refractivity contribution in [3.8, 4) is 0 Å². The van der Waals surface area contributed by atoms with Crippen LogP contribution >= 0.6 is 0 Å². The molecule has 1 saturated heterocycles. The number of ether oxygens (including phenoxy) is 1. The highest BCUT2D eigenvalue weighted by Gasteiger charge is 2.36. The summed E-state index contributed by atoms with van der Waals surface area (Å²) in [6.07, 6.45) is 9.63. The highest BCUT2D eigenvalue weighted by molar-refractivity contribution is 7.82. The molecule has 28 heavy (non-hydrogen) atoms. The number of hydrogen-bond acceptors (Lipinski definition) is 3. The summed E-state index contributed by atoms with van der Waals surface area (Å²) in [5.41, 5.74) is 2.77. The lowest BCUT2D eigenvalue weighted by atomic mass is 9.80. The third kappa shape index (κ3) is 4.50. The van der Waals surface area contributed by atoms with Gasteiger partial charge in [-0.2, -0.15) is 0 Å². The molecule has 5 nitrogen and oxygen atoms in total. The van der Waals surface area contributed by atoms with Gasteiger partial charge in [-0.05, 0) is 62.0 Å². The Morgan fingerprint density at radius 2 is 1.89 bits per heavy atom. The fourth-order valence-corrected chi connectivity index (χ4v) is 5.95. The number of aryl methyl sites for hydroxylation is 1. The Morgan fingerprint density at radius 1 is 1.11 bits per heavy atom. The molecule has 3 aliphatic heterocycles. The van der Waals surface area contributed by atoms with Gasteiger partial charge in [0.05, 0.1) is 29.7 Å². The molecule has 1 aromatic carbocycles. The summed E-state index contributed by atoms with van der Waals surface area (Å²) in [7, 11) is -1.09. The Morgan fingerprint density at radius 3 is 2.68 bits per heavy atom. The minimum atomic E-state index is -1.09. The van der Waals surface area contributed by atoms with Gasteiger partial charge >= 0.3 is 0 Å². The zero-order valence-corrected chi connectivity index (χ0v) is 17.6. The molecule has 1 N–H and O–H groups in total. The fraction of sp³-hybridized carbons (Fsp3) is 0.682. The summed E-state index contributed by atoms with van der Waals surface area (Å²) in [5, 5.41) is 0. The van der Waals surface area contributed by atoms with Crippen molar-refractivity contribution in [1.82, 2.24) is 9.62 Å². The highest BCUT2D eigenvalue weighted by Crippen LogP contribution is 2.36. The number of benzene rings is 1. The second kappa shape index (κ2) is 9.06. The van der Waals surface area contributed by atoms with Gasteiger partial charge in [0, 0.05) is 25.3 Å². The molecule has 3 atom stereocenters. The van der Waals surface area contributed by atoms with Crippen molar-refractivity contribution in [2.75, 3.05) is 19.4 Å². The number of rotatable bonds is 2. The maximum atomic E-state index is 13.1. The molecule has 1 amide bonds. The second-order valence-corrected chi connectivity index (χ2v) is 9.62. The molecule has 1 saturated carbocycles. The van der Waals surface area contributed by atoms with Crippen molar-refractivity contribution < 1.29 is 13.7 Å². The normalized spacial score (nSPS) is 32.5. The molecule has 6 heteroatoms. The maximum absolute atomic E-state index is 13.1. The van der Waals surface area contributed by atoms with Crippen LogP contribution in [-0.4, -0.2) is 52.6 Å². The first kappa shape index (κ1) is 20.0. The smallest absolute Gasteiger partial charge is 0.223 e. The zero-order chi connectivity index (χ0) is 19.5. The maximum Gasteiger partial charge on any atom is 0.223 e. The van der Waals surface area contributed by atoms with E-state index in [-0.39, 0.29) is 24.1 Å². The number of nitrogens with zero attached hydrogens (tertiary/aromatic N) is 1. The van der Waals surface area contributed by atoms with Crippen LogP contribution in [0.2, 0.25) is 0 Å². The van der Waals surface area contributed by atoms with Gasteiger partial charge in [0.2, 0.25) is 5.91 Å². The Kier molecular flexibility index (Phi) is 6.48. The van der Waals surface area contributed by atoms with E-state index in [1.807, 2.05) is 4.90 Å². The summed E-state index contributed by atoms with van der Waals surface area (Å²) in [4.78, 5) is 15.1. The van der Waals surface area contributed by atoms with Gasteiger partial charge in [0.15, 0.2) is 0 Å². The van der Waals surface area contributed by atoms with Crippen LogP contribution < -0.4 is 4.72 Å². The van der Waals surface area contributed by atoms with Crippen LogP contribution in [0.3, 0.4) is 0 Å². The Balaban J connectivity index is 1.60. The van der Waals surface area contributed by atoms with Gasteiger partial charge in [-0.25, -0.2) is 8.93 Å². The van der Waals surface area contributed by atoms with Crippen LogP contribution in [0.1, 0.15) is 62.0 Å². The lowest BCUT2D eigenvalue weighted by Crippen LogP contribution is -2.58. The fourth-order valence-electron chi connectivity index (χ4n) is 5.24. The predicted octanol–water partition coefficient (Wildman–Crippen LogP) is 2.92. The molecule has 0 aromatic heterocycles. The molecule has 154 valence electrons. The summed E-state index contributed by atoms with van der Waals surface area (Å²) in [5.74, 6) is 0.787. The molecule has 5 rings (SSSR count). The number of hydrogen-bond donors (Lipinski definition) is 1. The number of fused-ring (bicyclic) bond motifs is 5. The minimum absolute atomic E-state index is 0.0288. The Labute approximate surface area is 170 Å². The van der Waals surface area contributed by atoms with Crippen LogP contribution in [0, 0.1) is 0 Å². The summed E-state index contributed by atoms with van der Waals surface area (Å²) >= 11 is 0. The molecular weight excluding hydrogens is 372 g/mol. The van der Waals surface area contributed by atoms with Gasteiger partial charge in [-0.1, -0.05) is 24.3 Å². The van der Waals surface area contributed by atoms with E-state index in [1.54, 1.807) is 6.26 Å². The standard InChI is InChI=1S/C22H32N2O3S/c1-28(26)23-20-7-4-14-24-21(20)15-27-18-11-8-17(9-12-18)19-6-3-2-5-16(19)10-13-22(24)25/h2-3,5-6,17-18,20-21,23H,4,7-15H2,1H3. The van der Waals surface area contributed by atoms with E-state index in [1.165, 1.54) is 11.1 Å². The largest absolute Gasteiger partial charge is 0.376 e. The van der Waals surface area contributed by atoms with Crippen LogP contribution in [-0.2, 0) is 26.9 Å². The quantitative estimate of drug-likeness (QED) is 0.825. The van der Waals surface area contributed by atoms with Crippen molar-refractivity contribution in [3.05, 3.63) is 35.4 Å². The van der Waals surface area contributed by atoms with E-state index in [0.29, 0.717) is 18.9 Å². The molecule has 2 bridgehead atoms. The third-order valence-electron chi connectivity index (χ3n) is 6.70. The number of carbonyl (C=O) groups excluding carboxylic acids is 1. The molecule has 0 spiro atoms. The average molecular weight is 405 g/mol. The number of amides is 1. The first-order valence-electron chi connectivity index (χ1n) is 10.7. The molecule has 2 fully saturated rings. The third-order valence-corrected chi connectivity index (χ3v) is 7.33. The van der Waals surface area contributed by atoms with Crippen LogP contribution in [0.5, 0.6) is 0 Å². The lowest BCUT2D eigenvalue weighted by Gasteiger charge is -2.42. The molecule has 3 unspecified atom stereocenters. The monoisotopic (exact) mass is 404 g/mol. The van der Waals surface area contributed by atoms with Crippen molar-refractivity contribution >= 4 is 16.9 Å². The summed E-state index contributed by atoms with van der Waals surface area (Å²) in [6, 6.07) is 8.69. The van der Waals surface area contributed by atoms with Crippen LogP contribution in [0.25, 0.3) is 0 Å². The lowest BCUT2D eigenvalue weighted by molar-refractivity contribution is -0.138. The SMILES string of the molecule is CS(=O)NC1CCCN2C(=O)CCc3ccccc3C3CCC(CC3)OCC12. The van der Waals surface area contributed by atoms with Crippen molar-refractivity contribution in [2.45, 2.75) is 75.5 Å². The summed E-state index contributed by atoms with van der Waals surface area (Å²) < 4.78 is 21.3. The average Bonchev–Trinajstić information content (AvgIpc) is 2.72. The molecule has 3 heterocycles. The summed E-state index contributed by atoms with van der Waals surface area (Å²) in [6.45, 7) is 1.32. The van der Waals surface area contributed by atoms with Crippen LogP contribution in [0.15, 0.2) is 24.3 Å². The number of nitrogens with one attached hydrogen (secondary N) is 1. The van der Waals surface area contributed by atoms with Crippen molar-refractivity contribution in [2.24, 2.45) is 0 Å². The zero-order valence-electron chi connectivity index (χ0n) is 16.8. The van der Waals surface area contributed by atoms with Crippen molar-refractivity contribution in [3.63, 3.8) is 0 Å². The number of piperidine rings is 1. The molecular formula is C22H32N2O3S. The minimum Gasteiger partial charge on any atom is -0.376 e. The van der Waals surface area contributed by atoms with Crippen molar-refractivity contribution in [1.29, 1.82) is 0 Å². The Hall–Kier alpha value is -1.24. The van der Waals surface area contributed by atoms with Gasteiger partial charge in [0.1, 0.15) is 0 Å². The molecule has 4 aliphatic rings. The molecule has 1 aromatic rings. The topological polar surface area (TPSA) is 58.6 Å². The number of carbonyl (C=O) groups is 1. The van der Waals surface area contributed by atoms with Gasteiger partial charge in [-0.15, -0.1) is 0 Å². The van der Waals surface area contributed by atoms with E-state index in [0.717, 1.165) is 51.5 Å². The van der Waals surface area contributed by atoms with E-state index in [9.17, 15) is 9.00 Å². The van der Waals surface area contributed by atoms with Gasteiger partial charge in [-0.3, -0.25) is 4.79 Å². The van der Waals surface area contributed by atoms with E-state index in [4.69, 9.17) is 4.74 Å². The highest BCUT2D eigenvalue weighted by atomic mass is 32.2.